The third-order valence-electron chi connectivity index (χ3n) is 3.94. The fourth-order valence-corrected chi connectivity index (χ4v) is 2.55. The van der Waals surface area contributed by atoms with Crippen LogP contribution in [-0.4, -0.2) is 37.4 Å². The summed E-state index contributed by atoms with van der Waals surface area (Å²) in [6.45, 7) is 3.78. The summed E-state index contributed by atoms with van der Waals surface area (Å²) >= 11 is 0. The Kier molecular flexibility index (Phi) is 8.26. The van der Waals surface area contributed by atoms with Crippen molar-refractivity contribution in [2.45, 2.75) is 39.5 Å². The van der Waals surface area contributed by atoms with Gasteiger partial charge in [-0.2, -0.15) is 8.78 Å². The van der Waals surface area contributed by atoms with E-state index in [0.29, 0.717) is 24.9 Å². The Balaban J connectivity index is 2.08. The van der Waals surface area contributed by atoms with Crippen molar-refractivity contribution in [3.8, 4) is 11.5 Å². The van der Waals surface area contributed by atoms with E-state index >= 15 is 0 Å². The fraction of sp³-hybridized carbons (Fsp3) is 0.450. The first kappa shape index (κ1) is 22.5. The van der Waals surface area contributed by atoms with Crippen LogP contribution < -0.4 is 20.1 Å². The zero-order valence-electron chi connectivity index (χ0n) is 16.7. The Hall–Kier alpha value is -2.81. The lowest BCUT2D eigenvalue weighted by Gasteiger charge is -2.22. The molecule has 0 spiro atoms. The molecule has 0 fully saturated rings. The molecule has 1 unspecified atom stereocenters. The summed E-state index contributed by atoms with van der Waals surface area (Å²) in [6, 6.07) is 8.11. The van der Waals surface area contributed by atoms with Crippen LogP contribution in [0.2, 0.25) is 0 Å². The number of rotatable bonds is 10. The first-order valence-electron chi connectivity index (χ1n) is 9.34. The molecule has 0 aliphatic carbocycles. The topological polar surface area (TPSA) is 88.3 Å². The molecular weight excluding hydrogens is 384 g/mol. The maximum atomic E-state index is 12.5. The largest absolute Gasteiger partial charge is 0.490 e. The Morgan fingerprint density at radius 3 is 2.66 bits per heavy atom. The normalized spacial score (nSPS) is 13.8. The summed E-state index contributed by atoms with van der Waals surface area (Å²) in [7, 11) is 0. The van der Waals surface area contributed by atoms with Crippen LogP contribution in [0.15, 0.2) is 46.0 Å². The average Bonchev–Trinajstić information content (AvgIpc) is 3.21. The van der Waals surface area contributed by atoms with E-state index in [-0.39, 0.29) is 24.6 Å². The summed E-state index contributed by atoms with van der Waals surface area (Å²) < 4.78 is 40.2. The molecule has 0 radical (unpaired) electrons. The van der Waals surface area contributed by atoms with Crippen LogP contribution in [0.4, 0.5) is 8.78 Å². The summed E-state index contributed by atoms with van der Waals surface area (Å²) in [5, 5.41) is 16.7. The van der Waals surface area contributed by atoms with Crippen LogP contribution >= 0.6 is 0 Å². The molecule has 29 heavy (non-hydrogen) atoms. The second kappa shape index (κ2) is 10.7. The Morgan fingerprint density at radius 2 is 2.03 bits per heavy atom. The second-order valence-corrected chi connectivity index (χ2v) is 6.39. The summed E-state index contributed by atoms with van der Waals surface area (Å²) in [4.78, 5) is 4.47. The zero-order chi connectivity index (χ0) is 21.3. The van der Waals surface area contributed by atoms with E-state index in [2.05, 4.69) is 20.4 Å². The number of nitrogens with zero attached hydrogens (tertiary/aromatic N) is 1. The number of benzene rings is 1. The Labute approximate surface area is 168 Å². The van der Waals surface area contributed by atoms with Crippen LogP contribution in [-0.2, 0) is 12.1 Å². The van der Waals surface area contributed by atoms with E-state index < -0.39 is 12.2 Å². The molecule has 1 aromatic carbocycles. The van der Waals surface area contributed by atoms with Gasteiger partial charge in [-0.15, -0.1) is 0 Å². The number of alkyl halides is 2. The molecule has 0 aliphatic rings. The van der Waals surface area contributed by atoms with E-state index in [1.54, 1.807) is 38.1 Å². The molecule has 1 atom stereocenters. The van der Waals surface area contributed by atoms with Crippen LogP contribution in [0.25, 0.3) is 0 Å². The van der Waals surface area contributed by atoms with Gasteiger partial charge in [0, 0.05) is 6.54 Å². The molecule has 9 heteroatoms. The maximum absolute atomic E-state index is 12.5. The number of hydrogen-bond acceptors (Lipinski definition) is 5. The lowest BCUT2D eigenvalue weighted by atomic mass is 10.0. The highest BCUT2D eigenvalue weighted by Crippen LogP contribution is 2.30. The third-order valence-corrected chi connectivity index (χ3v) is 3.94. The van der Waals surface area contributed by atoms with Gasteiger partial charge >= 0.3 is 6.61 Å². The Morgan fingerprint density at radius 1 is 1.24 bits per heavy atom. The van der Waals surface area contributed by atoms with E-state index in [1.165, 1.54) is 12.3 Å². The number of furan rings is 1. The molecule has 0 bridgehead atoms. The number of halogens is 2. The fourth-order valence-electron chi connectivity index (χ4n) is 2.55. The zero-order valence-corrected chi connectivity index (χ0v) is 16.7. The molecular formula is C20H27F2N3O4. The number of guanidine groups is 1. The van der Waals surface area contributed by atoms with Crippen LogP contribution in [0.1, 0.15) is 32.1 Å². The van der Waals surface area contributed by atoms with Gasteiger partial charge in [-0.1, -0.05) is 6.07 Å². The molecule has 0 saturated carbocycles. The van der Waals surface area contributed by atoms with Crippen molar-refractivity contribution >= 4 is 5.96 Å². The van der Waals surface area contributed by atoms with Crippen molar-refractivity contribution in [3.05, 3.63) is 47.9 Å². The molecule has 0 aliphatic heterocycles. The van der Waals surface area contributed by atoms with Gasteiger partial charge < -0.3 is 29.6 Å². The number of hydrogen-bond donors (Lipinski definition) is 3. The van der Waals surface area contributed by atoms with Crippen LogP contribution in [0.5, 0.6) is 11.5 Å². The van der Waals surface area contributed by atoms with Gasteiger partial charge in [0.2, 0.25) is 0 Å². The first-order valence-corrected chi connectivity index (χ1v) is 9.34. The number of aliphatic imine (C=N–C) groups is 1. The van der Waals surface area contributed by atoms with Gasteiger partial charge in [0.05, 0.1) is 26.0 Å². The van der Waals surface area contributed by atoms with Gasteiger partial charge in [0.15, 0.2) is 17.5 Å². The van der Waals surface area contributed by atoms with E-state index in [0.717, 1.165) is 5.56 Å². The minimum Gasteiger partial charge on any atom is -0.490 e. The van der Waals surface area contributed by atoms with Gasteiger partial charge in [0.1, 0.15) is 11.4 Å². The van der Waals surface area contributed by atoms with Gasteiger partial charge in [-0.3, -0.25) is 0 Å². The van der Waals surface area contributed by atoms with Crippen molar-refractivity contribution < 1.29 is 27.8 Å². The first-order chi connectivity index (χ1) is 13.9. The number of ether oxygens (including phenoxy) is 2. The predicted octanol–water partition coefficient (Wildman–Crippen LogP) is 3.24. The van der Waals surface area contributed by atoms with Crippen molar-refractivity contribution in [2.24, 2.45) is 4.99 Å². The molecule has 2 rings (SSSR count). The van der Waals surface area contributed by atoms with Gasteiger partial charge in [-0.05, 0) is 50.6 Å². The molecule has 160 valence electrons. The Bertz CT molecular complexity index is 780. The molecule has 7 nitrogen and oxygen atoms in total. The SMILES string of the molecule is CCNC(=NCc1ccc(OC(F)F)c(OCC)c1)NCC(C)(O)c1ccco1. The monoisotopic (exact) mass is 411 g/mol. The van der Waals surface area contributed by atoms with Gasteiger partial charge in [0.25, 0.3) is 0 Å². The standard InChI is InChI=1S/C20H27F2N3O4/c1-4-23-19(25-13-20(3,26)17-7-6-10-28-17)24-12-14-8-9-15(29-18(21)22)16(11-14)27-5-2/h6-11,18,26H,4-5,12-13H2,1-3H3,(H2,23,24,25). The van der Waals surface area contributed by atoms with Crippen molar-refractivity contribution in [3.63, 3.8) is 0 Å². The van der Waals surface area contributed by atoms with Crippen LogP contribution in [0.3, 0.4) is 0 Å². The average molecular weight is 411 g/mol. The van der Waals surface area contributed by atoms with Crippen molar-refractivity contribution in [1.82, 2.24) is 10.6 Å². The lowest BCUT2D eigenvalue weighted by molar-refractivity contribution is -0.0514. The highest BCUT2D eigenvalue weighted by atomic mass is 19.3. The number of aliphatic hydroxyl groups is 1. The predicted molar refractivity (Wildman–Crippen MR) is 105 cm³/mol. The minimum atomic E-state index is -2.93. The van der Waals surface area contributed by atoms with Gasteiger partial charge in [-0.25, -0.2) is 4.99 Å². The van der Waals surface area contributed by atoms with E-state index in [1.807, 2.05) is 6.92 Å². The van der Waals surface area contributed by atoms with E-state index in [4.69, 9.17) is 9.15 Å². The molecule has 0 saturated heterocycles. The summed E-state index contributed by atoms with van der Waals surface area (Å²) in [6.07, 6.45) is 1.50. The van der Waals surface area contributed by atoms with E-state index in [9.17, 15) is 13.9 Å². The van der Waals surface area contributed by atoms with Crippen molar-refractivity contribution in [1.29, 1.82) is 0 Å². The van der Waals surface area contributed by atoms with Crippen molar-refractivity contribution in [2.75, 3.05) is 19.7 Å². The molecule has 3 N–H and O–H groups in total. The molecule has 2 aromatic rings. The lowest BCUT2D eigenvalue weighted by Crippen LogP contribution is -2.44. The maximum Gasteiger partial charge on any atom is 0.387 e. The number of nitrogens with one attached hydrogen (secondary N) is 2. The smallest absolute Gasteiger partial charge is 0.387 e. The minimum absolute atomic E-state index is 0.0193. The highest BCUT2D eigenvalue weighted by molar-refractivity contribution is 5.79. The quantitative estimate of drug-likeness (QED) is 0.411. The molecule has 1 aromatic heterocycles. The molecule has 1 heterocycles. The second-order valence-electron chi connectivity index (χ2n) is 6.39. The highest BCUT2D eigenvalue weighted by Gasteiger charge is 2.26. The van der Waals surface area contributed by atoms with Crippen LogP contribution in [0, 0.1) is 0 Å². The molecule has 0 amide bonds. The summed E-state index contributed by atoms with van der Waals surface area (Å²) in [5.74, 6) is 1.15. The third kappa shape index (κ3) is 6.94. The summed E-state index contributed by atoms with van der Waals surface area (Å²) in [5.41, 5.74) is -0.458.